The molecule has 0 amide bonds. The van der Waals surface area contributed by atoms with Crippen molar-refractivity contribution in [2.24, 2.45) is 5.73 Å². The molecule has 0 saturated carbocycles. The van der Waals surface area contributed by atoms with Gasteiger partial charge in [-0.2, -0.15) is 0 Å². The molecule has 18 heavy (non-hydrogen) atoms. The van der Waals surface area contributed by atoms with Gasteiger partial charge in [-0.25, -0.2) is 0 Å². The van der Waals surface area contributed by atoms with E-state index >= 15 is 0 Å². The summed E-state index contributed by atoms with van der Waals surface area (Å²) >= 11 is 8.83. The molecular weight excluding hydrogens is 374 g/mol. The fourth-order valence-corrected chi connectivity index (χ4v) is 3.81. The van der Waals surface area contributed by atoms with Gasteiger partial charge in [-0.15, -0.1) is 0 Å². The van der Waals surface area contributed by atoms with Crippen molar-refractivity contribution in [1.82, 2.24) is 0 Å². The van der Waals surface area contributed by atoms with E-state index in [1.165, 1.54) is 15.4 Å². The van der Waals surface area contributed by atoms with Gasteiger partial charge >= 0.3 is 0 Å². The highest BCUT2D eigenvalue weighted by molar-refractivity contribution is 9.10. The summed E-state index contributed by atoms with van der Waals surface area (Å²) < 4.78 is 2.24. The number of halogens is 2. The van der Waals surface area contributed by atoms with Crippen LogP contribution < -0.4 is 5.73 Å². The maximum absolute atomic E-state index is 5.58. The third-order valence-electron chi connectivity index (χ3n) is 2.47. The summed E-state index contributed by atoms with van der Waals surface area (Å²) in [5, 5.41) is 0. The minimum atomic E-state index is 0.677. The molecule has 0 spiro atoms. The van der Waals surface area contributed by atoms with Crippen LogP contribution >= 0.6 is 43.6 Å². The highest BCUT2D eigenvalue weighted by Crippen LogP contribution is 2.32. The van der Waals surface area contributed by atoms with E-state index in [2.05, 4.69) is 62.2 Å². The standard InChI is InChI=1S/C14H13Br2NS/c15-11-2-1-3-12(8-11)18-13-5-4-10(6-7-17)14(16)9-13/h1-5,8-9H,6-7,17H2. The molecule has 2 N–H and O–H groups in total. The lowest BCUT2D eigenvalue weighted by molar-refractivity contribution is 0.960. The van der Waals surface area contributed by atoms with Gasteiger partial charge < -0.3 is 5.73 Å². The van der Waals surface area contributed by atoms with Gasteiger partial charge in [0.05, 0.1) is 0 Å². The van der Waals surface area contributed by atoms with Crippen LogP contribution in [0.5, 0.6) is 0 Å². The minimum Gasteiger partial charge on any atom is -0.330 e. The molecule has 0 unspecified atom stereocenters. The molecule has 0 aliphatic rings. The summed E-state index contributed by atoms with van der Waals surface area (Å²) in [5.74, 6) is 0. The first-order valence-corrected chi connectivity index (χ1v) is 8.01. The molecule has 0 radical (unpaired) electrons. The minimum absolute atomic E-state index is 0.677. The zero-order chi connectivity index (χ0) is 13.0. The normalized spacial score (nSPS) is 10.6. The summed E-state index contributed by atoms with van der Waals surface area (Å²) in [6.45, 7) is 0.677. The van der Waals surface area contributed by atoms with Gasteiger partial charge in [0.1, 0.15) is 0 Å². The van der Waals surface area contributed by atoms with Crippen LogP contribution in [-0.4, -0.2) is 6.54 Å². The fourth-order valence-electron chi connectivity index (χ4n) is 1.62. The molecule has 0 aromatic heterocycles. The van der Waals surface area contributed by atoms with E-state index in [1.54, 1.807) is 11.8 Å². The molecule has 0 aliphatic carbocycles. The highest BCUT2D eigenvalue weighted by Gasteiger charge is 2.03. The largest absolute Gasteiger partial charge is 0.330 e. The molecule has 0 fully saturated rings. The molecule has 1 nitrogen and oxygen atoms in total. The molecule has 0 bridgehead atoms. The topological polar surface area (TPSA) is 26.0 Å². The van der Waals surface area contributed by atoms with Crippen LogP contribution in [0, 0.1) is 0 Å². The number of hydrogen-bond donors (Lipinski definition) is 1. The molecule has 0 heterocycles. The van der Waals surface area contributed by atoms with Crippen LogP contribution in [0.1, 0.15) is 5.56 Å². The van der Waals surface area contributed by atoms with E-state index in [4.69, 9.17) is 5.73 Å². The second-order valence-corrected chi connectivity index (χ2v) is 6.77. The molecule has 0 aliphatic heterocycles. The van der Waals surface area contributed by atoms with Gasteiger partial charge in [0.25, 0.3) is 0 Å². The van der Waals surface area contributed by atoms with Crippen molar-refractivity contribution in [3.63, 3.8) is 0 Å². The van der Waals surface area contributed by atoms with E-state index in [1.807, 2.05) is 12.1 Å². The summed E-state index contributed by atoms with van der Waals surface area (Å²) in [6.07, 6.45) is 0.905. The molecule has 94 valence electrons. The monoisotopic (exact) mass is 385 g/mol. The second-order valence-electron chi connectivity index (χ2n) is 3.85. The fraction of sp³-hybridized carbons (Fsp3) is 0.143. The van der Waals surface area contributed by atoms with E-state index in [0.717, 1.165) is 15.4 Å². The lowest BCUT2D eigenvalue weighted by Gasteiger charge is -2.06. The Morgan fingerprint density at radius 1 is 1.00 bits per heavy atom. The van der Waals surface area contributed by atoms with Gasteiger partial charge in [-0.1, -0.05) is 55.8 Å². The lowest BCUT2D eigenvalue weighted by Crippen LogP contribution is -2.03. The van der Waals surface area contributed by atoms with E-state index in [0.29, 0.717) is 6.54 Å². The van der Waals surface area contributed by atoms with E-state index in [-0.39, 0.29) is 0 Å². The molecule has 2 rings (SSSR count). The zero-order valence-electron chi connectivity index (χ0n) is 9.70. The third kappa shape index (κ3) is 3.85. The Balaban J connectivity index is 2.17. The summed E-state index contributed by atoms with van der Waals surface area (Å²) in [5.41, 5.74) is 6.84. The highest BCUT2D eigenvalue weighted by atomic mass is 79.9. The second kappa shape index (κ2) is 6.75. The van der Waals surface area contributed by atoms with Gasteiger partial charge in [-0.05, 0) is 48.9 Å². The predicted molar refractivity (Wildman–Crippen MR) is 85.2 cm³/mol. The first-order chi connectivity index (χ1) is 8.69. The Morgan fingerprint density at radius 3 is 2.44 bits per heavy atom. The van der Waals surface area contributed by atoms with Crippen LogP contribution in [0.4, 0.5) is 0 Å². The van der Waals surface area contributed by atoms with Crippen LogP contribution in [0.3, 0.4) is 0 Å². The van der Waals surface area contributed by atoms with Gasteiger partial charge in [-0.3, -0.25) is 0 Å². The molecule has 4 heteroatoms. The first-order valence-electron chi connectivity index (χ1n) is 5.61. The lowest BCUT2D eigenvalue weighted by atomic mass is 10.1. The van der Waals surface area contributed by atoms with Crippen LogP contribution in [0.25, 0.3) is 0 Å². The predicted octanol–water partition coefficient (Wildman–Crippen LogP) is 4.86. The van der Waals surface area contributed by atoms with Crippen molar-refractivity contribution in [2.75, 3.05) is 6.54 Å². The molecule has 2 aromatic carbocycles. The van der Waals surface area contributed by atoms with Crippen LogP contribution in [-0.2, 0) is 6.42 Å². The number of benzene rings is 2. The quantitative estimate of drug-likeness (QED) is 0.811. The van der Waals surface area contributed by atoms with Gasteiger partial charge in [0.15, 0.2) is 0 Å². The van der Waals surface area contributed by atoms with Crippen molar-refractivity contribution in [3.05, 3.63) is 57.0 Å². The Hall–Kier alpha value is -0.290. The van der Waals surface area contributed by atoms with Crippen LogP contribution in [0.2, 0.25) is 0 Å². The average molecular weight is 387 g/mol. The first kappa shape index (κ1) is 14.1. The van der Waals surface area contributed by atoms with Crippen molar-refractivity contribution in [3.8, 4) is 0 Å². The van der Waals surface area contributed by atoms with Crippen molar-refractivity contribution < 1.29 is 0 Å². The molecule has 0 atom stereocenters. The van der Waals surface area contributed by atoms with Crippen LogP contribution in [0.15, 0.2) is 61.2 Å². The Labute approximate surface area is 128 Å². The maximum atomic E-state index is 5.58. The van der Waals surface area contributed by atoms with Crippen molar-refractivity contribution in [2.45, 2.75) is 16.2 Å². The van der Waals surface area contributed by atoms with Crippen molar-refractivity contribution in [1.29, 1.82) is 0 Å². The Morgan fingerprint density at radius 2 is 1.78 bits per heavy atom. The smallest absolute Gasteiger partial charge is 0.0219 e. The van der Waals surface area contributed by atoms with Gasteiger partial charge in [0.2, 0.25) is 0 Å². The number of rotatable bonds is 4. The molecule has 0 saturated heterocycles. The van der Waals surface area contributed by atoms with E-state index < -0.39 is 0 Å². The van der Waals surface area contributed by atoms with Crippen molar-refractivity contribution >= 4 is 43.6 Å². The number of hydrogen-bond acceptors (Lipinski definition) is 2. The molecule has 2 aromatic rings. The third-order valence-corrected chi connectivity index (χ3v) is 4.68. The zero-order valence-corrected chi connectivity index (χ0v) is 13.7. The molecular formula is C14H13Br2NS. The average Bonchev–Trinajstić information content (AvgIpc) is 2.33. The Bertz CT molecular complexity index is 543. The summed E-state index contributed by atoms with van der Waals surface area (Å²) in [4.78, 5) is 2.45. The maximum Gasteiger partial charge on any atom is 0.0219 e. The Kier molecular flexibility index (Phi) is 5.30. The summed E-state index contributed by atoms with van der Waals surface area (Å²) in [7, 11) is 0. The number of nitrogens with two attached hydrogens (primary N) is 1. The van der Waals surface area contributed by atoms with Gasteiger partial charge in [0, 0.05) is 18.7 Å². The van der Waals surface area contributed by atoms with E-state index in [9.17, 15) is 0 Å². The SMILES string of the molecule is NCCc1ccc(Sc2cccc(Br)c2)cc1Br. The summed E-state index contributed by atoms with van der Waals surface area (Å²) in [6, 6.07) is 14.7.